The lowest BCUT2D eigenvalue weighted by Crippen LogP contribution is -2.27. The molecule has 2 unspecified atom stereocenters. The number of hydrogen-bond acceptors (Lipinski definition) is 3. The summed E-state index contributed by atoms with van der Waals surface area (Å²) in [5.41, 5.74) is 1.21. The second kappa shape index (κ2) is 7.92. The smallest absolute Gasteiger partial charge is 0.0692 e. The molecule has 0 fully saturated rings. The van der Waals surface area contributed by atoms with Crippen LogP contribution in [0.25, 0.3) is 0 Å². The number of nitrogens with zero attached hydrogens (tertiary/aromatic N) is 2. The molecule has 4 nitrogen and oxygen atoms in total. The molecule has 0 aliphatic rings. The minimum absolute atomic E-state index is 0.317. The molecule has 1 aromatic rings. The van der Waals surface area contributed by atoms with Gasteiger partial charge in [-0.2, -0.15) is 5.10 Å². The van der Waals surface area contributed by atoms with Gasteiger partial charge in [-0.1, -0.05) is 13.8 Å². The third kappa shape index (κ3) is 4.37. The van der Waals surface area contributed by atoms with E-state index >= 15 is 0 Å². The zero-order valence-corrected chi connectivity index (χ0v) is 13.3. The number of aryl methyl sites for hydroxylation is 1. The zero-order valence-electron chi connectivity index (χ0n) is 11.7. The van der Waals surface area contributed by atoms with Crippen LogP contribution in [-0.2, 0) is 11.8 Å². The van der Waals surface area contributed by atoms with Crippen LogP contribution in [0.15, 0.2) is 10.7 Å². The average molecular weight is 318 g/mol. The van der Waals surface area contributed by atoms with Crippen LogP contribution in [0.5, 0.6) is 0 Å². The van der Waals surface area contributed by atoms with Gasteiger partial charge in [0.05, 0.1) is 22.4 Å². The van der Waals surface area contributed by atoms with E-state index < -0.39 is 0 Å². The van der Waals surface area contributed by atoms with Gasteiger partial charge < -0.3 is 10.1 Å². The van der Waals surface area contributed by atoms with E-state index in [2.05, 4.69) is 40.2 Å². The van der Waals surface area contributed by atoms with Crippen LogP contribution in [0.1, 0.15) is 38.4 Å². The molecular formula is C13H24BrN3O. The Morgan fingerprint density at radius 2 is 2.28 bits per heavy atom. The number of nitrogens with one attached hydrogen (secondary N) is 1. The highest BCUT2D eigenvalue weighted by atomic mass is 79.9. The predicted molar refractivity (Wildman–Crippen MR) is 77.6 cm³/mol. The first-order valence-electron chi connectivity index (χ1n) is 6.49. The lowest BCUT2D eigenvalue weighted by molar-refractivity contribution is 0.148. The third-order valence-electron chi connectivity index (χ3n) is 3.00. The summed E-state index contributed by atoms with van der Waals surface area (Å²) in [5.74, 6) is 0.520. The number of ether oxygens (including phenoxy) is 1. The van der Waals surface area contributed by atoms with Crippen molar-refractivity contribution in [3.8, 4) is 0 Å². The molecular weight excluding hydrogens is 294 g/mol. The predicted octanol–water partition coefficient (Wildman–Crippen LogP) is 2.90. The highest BCUT2D eigenvalue weighted by Gasteiger charge is 2.20. The fraction of sp³-hybridized carbons (Fsp3) is 0.769. The number of rotatable bonds is 8. The molecule has 1 N–H and O–H groups in total. The number of methoxy groups -OCH3 is 1. The van der Waals surface area contributed by atoms with Crippen LogP contribution in [0.4, 0.5) is 0 Å². The highest BCUT2D eigenvalue weighted by molar-refractivity contribution is 9.10. The van der Waals surface area contributed by atoms with Crippen molar-refractivity contribution in [2.24, 2.45) is 13.0 Å². The van der Waals surface area contributed by atoms with Gasteiger partial charge in [0.25, 0.3) is 0 Å². The molecule has 0 aliphatic heterocycles. The van der Waals surface area contributed by atoms with Crippen LogP contribution in [0.3, 0.4) is 0 Å². The van der Waals surface area contributed by atoms with Gasteiger partial charge in [0, 0.05) is 20.8 Å². The average Bonchev–Trinajstić information content (AvgIpc) is 2.65. The first-order chi connectivity index (χ1) is 8.60. The summed E-state index contributed by atoms with van der Waals surface area (Å²) in [7, 11) is 3.74. The van der Waals surface area contributed by atoms with Gasteiger partial charge in [0.1, 0.15) is 0 Å². The summed E-state index contributed by atoms with van der Waals surface area (Å²) < 4.78 is 8.24. The summed E-state index contributed by atoms with van der Waals surface area (Å²) in [5, 5.41) is 7.89. The van der Waals surface area contributed by atoms with Crippen molar-refractivity contribution < 1.29 is 4.74 Å². The van der Waals surface area contributed by atoms with E-state index in [1.165, 1.54) is 5.69 Å². The zero-order chi connectivity index (χ0) is 13.5. The van der Waals surface area contributed by atoms with Gasteiger partial charge in [-0.25, -0.2) is 0 Å². The summed E-state index contributed by atoms with van der Waals surface area (Å²) in [4.78, 5) is 0. The van der Waals surface area contributed by atoms with E-state index in [0.29, 0.717) is 12.0 Å². The fourth-order valence-electron chi connectivity index (χ4n) is 2.18. The molecule has 0 radical (unpaired) electrons. The Morgan fingerprint density at radius 3 is 2.78 bits per heavy atom. The molecule has 104 valence electrons. The van der Waals surface area contributed by atoms with Crippen LogP contribution in [0, 0.1) is 5.92 Å². The molecule has 0 bridgehead atoms. The molecule has 0 spiro atoms. The minimum Gasteiger partial charge on any atom is -0.384 e. The van der Waals surface area contributed by atoms with Crippen LogP contribution >= 0.6 is 15.9 Å². The minimum atomic E-state index is 0.317. The Hall–Kier alpha value is -0.390. The first-order valence-corrected chi connectivity index (χ1v) is 7.29. The Balaban J connectivity index is 2.77. The number of aromatic nitrogens is 2. The molecule has 5 heteroatoms. The second-order valence-corrected chi connectivity index (χ2v) is 5.66. The molecule has 0 amide bonds. The van der Waals surface area contributed by atoms with E-state index in [1.54, 1.807) is 7.11 Å². The van der Waals surface area contributed by atoms with Crippen molar-refractivity contribution in [1.82, 2.24) is 15.1 Å². The van der Waals surface area contributed by atoms with Crippen LogP contribution in [0.2, 0.25) is 0 Å². The lowest BCUT2D eigenvalue weighted by atomic mass is 10.00. The fourth-order valence-corrected chi connectivity index (χ4v) is 2.80. The molecule has 0 saturated heterocycles. The van der Waals surface area contributed by atoms with E-state index in [4.69, 9.17) is 4.74 Å². The highest BCUT2D eigenvalue weighted by Crippen LogP contribution is 2.27. The van der Waals surface area contributed by atoms with Crippen LogP contribution < -0.4 is 5.32 Å². The normalized spacial score (nSPS) is 14.7. The van der Waals surface area contributed by atoms with Gasteiger partial charge in [-0.15, -0.1) is 0 Å². The molecule has 0 aromatic carbocycles. The Bertz CT molecular complexity index is 335. The molecule has 1 aromatic heterocycles. The van der Waals surface area contributed by atoms with Crippen molar-refractivity contribution in [2.75, 3.05) is 20.3 Å². The molecule has 2 atom stereocenters. The van der Waals surface area contributed by atoms with E-state index in [9.17, 15) is 0 Å². The maximum atomic E-state index is 5.22. The Morgan fingerprint density at radius 1 is 1.56 bits per heavy atom. The van der Waals surface area contributed by atoms with Gasteiger partial charge in [0.2, 0.25) is 0 Å². The number of hydrogen-bond donors (Lipinski definition) is 1. The van der Waals surface area contributed by atoms with Crippen molar-refractivity contribution in [2.45, 2.75) is 32.7 Å². The van der Waals surface area contributed by atoms with E-state index in [-0.39, 0.29) is 0 Å². The maximum absolute atomic E-state index is 5.22. The molecule has 1 rings (SSSR count). The lowest BCUT2D eigenvalue weighted by Gasteiger charge is -2.22. The van der Waals surface area contributed by atoms with E-state index in [1.807, 2.05) is 17.9 Å². The quantitative estimate of drug-likeness (QED) is 0.801. The van der Waals surface area contributed by atoms with Crippen LogP contribution in [-0.4, -0.2) is 30.0 Å². The largest absolute Gasteiger partial charge is 0.384 e. The first kappa shape index (κ1) is 15.7. The van der Waals surface area contributed by atoms with Crippen molar-refractivity contribution in [3.63, 3.8) is 0 Å². The molecule has 18 heavy (non-hydrogen) atoms. The van der Waals surface area contributed by atoms with Crippen molar-refractivity contribution >= 4 is 15.9 Å². The van der Waals surface area contributed by atoms with Gasteiger partial charge in [-0.3, -0.25) is 4.68 Å². The number of halogens is 1. The van der Waals surface area contributed by atoms with Gasteiger partial charge in [0.15, 0.2) is 0 Å². The molecule has 0 aliphatic carbocycles. The summed E-state index contributed by atoms with van der Waals surface area (Å²) in [6.07, 6.45) is 4.04. The summed E-state index contributed by atoms with van der Waals surface area (Å²) in [6.45, 7) is 6.21. The van der Waals surface area contributed by atoms with Gasteiger partial charge in [-0.05, 0) is 41.2 Å². The molecule has 1 heterocycles. The third-order valence-corrected chi connectivity index (χ3v) is 3.61. The van der Waals surface area contributed by atoms with Crippen molar-refractivity contribution in [3.05, 3.63) is 16.4 Å². The second-order valence-electron chi connectivity index (χ2n) is 4.80. The Labute approximate surface area is 118 Å². The maximum Gasteiger partial charge on any atom is 0.0692 e. The summed E-state index contributed by atoms with van der Waals surface area (Å²) in [6, 6.07) is 0.317. The topological polar surface area (TPSA) is 39.1 Å². The van der Waals surface area contributed by atoms with Crippen molar-refractivity contribution in [1.29, 1.82) is 0 Å². The molecule has 0 saturated carbocycles. The SMILES string of the molecule is CCCNC(CC(C)COC)c1c(Br)cnn1C. The monoisotopic (exact) mass is 317 g/mol. The Kier molecular flexibility index (Phi) is 6.89. The van der Waals surface area contributed by atoms with Gasteiger partial charge >= 0.3 is 0 Å². The van der Waals surface area contributed by atoms with E-state index in [0.717, 1.165) is 30.5 Å². The summed E-state index contributed by atoms with van der Waals surface area (Å²) >= 11 is 3.58. The standard InChI is InChI=1S/C13H24BrN3O/c1-5-6-15-12(7-10(2)9-18-4)13-11(14)8-16-17(13)3/h8,10,12,15H,5-7,9H2,1-4H3.